The Balaban J connectivity index is 2.06. The van der Waals surface area contributed by atoms with Gasteiger partial charge in [0.25, 0.3) is 0 Å². The molecule has 0 bridgehead atoms. The minimum absolute atomic E-state index is 0.865. The maximum absolute atomic E-state index is 5.27. The average Bonchev–Trinajstić information content (AvgIpc) is 2.75. The van der Waals surface area contributed by atoms with Crippen LogP contribution in [0.1, 0.15) is 11.3 Å². The van der Waals surface area contributed by atoms with Crippen LogP contribution in [0.3, 0.4) is 0 Å². The Morgan fingerprint density at radius 1 is 1.11 bits per heavy atom. The molecule has 0 atom stereocenters. The second-order valence-corrected chi connectivity index (χ2v) is 4.65. The fourth-order valence-electron chi connectivity index (χ4n) is 2.39. The summed E-state index contributed by atoms with van der Waals surface area (Å²) < 4.78 is 7.58. The number of benzene rings is 1. The van der Waals surface area contributed by atoms with E-state index in [-0.39, 0.29) is 0 Å². The Kier molecular flexibility index (Phi) is 2.95. The standard InChI is InChI=1S/C16H16N2O/c1-12-9-14-10-15(19-2)3-4-16(14)18(12)11-13-5-7-17-8-6-13/h3-10H,11H2,1-2H3. The summed E-state index contributed by atoms with van der Waals surface area (Å²) in [6.45, 7) is 3.00. The molecular formula is C16H16N2O. The van der Waals surface area contributed by atoms with E-state index in [0.29, 0.717) is 0 Å². The number of aromatic nitrogens is 2. The molecule has 0 aliphatic heterocycles. The molecule has 0 amide bonds. The lowest BCUT2D eigenvalue weighted by Gasteiger charge is -2.08. The number of nitrogens with zero attached hydrogens (tertiary/aromatic N) is 2. The van der Waals surface area contributed by atoms with Crippen molar-refractivity contribution in [3.8, 4) is 5.75 Å². The van der Waals surface area contributed by atoms with Gasteiger partial charge >= 0.3 is 0 Å². The fourth-order valence-corrected chi connectivity index (χ4v) is 2.39. The minimum atomic E-state index is 0.865. The van der Waals surface area contributed by atoms with E-state index in [1.165, 1.54) is 22.2 Å². The molecule has 3 nitrogen and oxygen atoms in total. The van der Waals surface area contributed by atoms with Crippen molar-refractivity contribution in [1.29, 1.82) is 0 Å². The maximum Gasteiger partial charge on any atom is 0.119 e. The summed E-state index contributed by atoms with van der Waals surface area (Å²) in [4.78, 5) is 4.06. The first-order chi connectivity index (χ1) is 9.28. The number of ether oxygens (including phenoxy) is 1. The van der Waals surface area contributed by atoms with Crippen LogP contribution in [0.5, 0.6) is 5.75 Å². The van der Waals surface area contributed by atoms with Crippen LogP contribution < -0.4 is 4.74 Å². The smallest absolute Gasteiger partial charge is 0.119 e. The Morgan fingerprint density at radius 2 is 1.89 bits per heavy atom. The first kappa shape index (κ1) is 11.8. The SMILES string of the molecule is COc1ccc2c(c1)cc(C)n2Cc1ccncc1. The highest BCUT2D eigenvalue weighted by molar-refractivity contribution is 5.83. The first-order valence-corrected chi connectivity index (χ1v) is 6.31. The van der Waals surface area contributed by atoms with Crippen LogP contribution in [0.15, 0.2) is 48.8 Å². The molecule has 0 radical (unpaired) electrons. The molecule has 1 aromatic carbocycles. The van der Waals surface area contributed by atoms with Crippen LogP contribution in [0.4, 0.5) is 0 Å². The van der Waals surface area contributed by atoms with Crippen molar-refractivity contribution in [2.75, 3.05) is 7.11 Å². The van der Waals surface area contributed by atoms with Gasteiger partial charge in [0.1, 0.15) is 5.75 Å². The van der Waals surface area contributed by atoms with Crippen molar-refractivity contribution in [3.05, 3.63) is 60.0 Å². The summed E-state index contributed by atoms with van der Waals surface area (Å²) in [7, 11) is 1.70. The van der Waals surface area contributed by atoms with Gasteiger partial charge in [-0.2, -0.15) is 0 Å². The first-order valence-electron chi connectivity index (χ1n) is 6.31. The van der Waals surface area contributed by atoms with Gasteiger partial charge < -0.3 is 9.30 Å². The third-order valence-corrected chi connectivity index (χ3v) is 3.41. The van der Waals surface area contributed by atoms with E-state index >= 15 is 0 Å². The third-order valence-electron chi connectivity index (χ3n) is 3.41. The molecule has 2 heterocycles. The number of pyridine rings is 1. The molecule has 0 aliphatic carbocycles. The molecule has 0 saturated heterocycles. The lowest BCUT2D eigenvalue weighted by atomic mass is 10.2. The highest BCUT2D eigenvalue weighted by atomic mass is 16.5. The van der Waals surface area contributed by atoms with Crippen molar-refractivity contribution < 1.29 is 4.74 Å². The van der Waals surface area contributed by atoms with Gasteiger partial charge in [0, 0.05) is 35.5 Å². The van der Waals surface area contributed by atoms with Gasteiger partial charge in [-0.05, 0) is 48.9 Å². The molecule has 19 heavy (non-hydrogen) atoms. The van der Waals surface area contributed by atoms with Gasteiger partial charge in [0.2, 0.25) is 0 Å². The van der Waals surface area contributed by atoms with Crippen LogP contribution in [0.2, 0.25) is 0 Å². The number of hydrogen-bond acceptors (Lipinski definition) is 2. The zero-order valence-corrected chi connectivity index (χ0v) is 11.1. The summed E-state index contributed by atoms with van der Waals surface area (Å²) >= 11 is 0. The van der Waals surface area contributed by atoms with Crippen molar-refractivity contribution >= 4 is 10.9 Å². The van der Waals surface area contributed by atoms with Crippen molar-refractivity contribution in [3.63, 3.8) is 0 Å². The van der Waals surface area contributed by atoms with Crippen molar-refractivity contribution in [2.45, 2.75) is 13.5 Å². The molecule has 3 heteroatoms. The van der Waals surface area contributed by atoms with Gasteiger partial charge in [-0.1, -0.05) is 0 Å². The predicted molar refractivity (Wildman–Crippen MR) is 76.6 cm³/mol. The monoisotopic (exact) mass is 252 g/mol. The molecule has 2 aromatic heterocycles. The summed E-state index contributed by atoms with van der Waals surface area (Å²) in [6, 6.07) is 12.5. The van der Waals surface area contributed by atoms with Crippen molar-refractivity contribution in [1.82, 2.24) is 9.55 Å². The topological polar surface area (TPSA) is 27.1 Å². The van der Waals surface area contributed by atoms with Gasteiger partial charge in [0.05, 0.1) is 7.11 Å². The van der Waals surface area contributed by atoms with Crippen LogP contribution >= 0.6 is 0 Å². The maximum atomic E-state index is 5.27. The lowest BCUT2D eigenvalue weighted by molar-refractivity contribution is 0.415. The van der Waals surface area contributed by atoms with E-state index in [2.05, 4.69) is 46.8 Å². The molecule has 3 aromatic rings. The van der Waals surface area contributed by atoms with Gasteiger partial charge in [-0.25, -0.2) is 0 Å². The van der Waals surface area contributed by atoms with Crippen LogP contribution in [-0.2, 0) is 6.54 Å². The zero-order chi connectivity index (χ0) is 13.2. The third kappa shape index (κ3) is 2.19. The Bertz CT molecular complexity index is 701. The normalized spacial score (nSPS) is 10.8. The Hall–Kier alpha value is -2.29. The molecule has 3 rings (SSSR count). The fraction of sp³-hybridized carbons (Fsp3) is 0.188. The summed E-state index contributed by atoms with van der Waals surface area (Å²) in [5.41, 5.74) is 3.74. The summed E-state index contributed by atoms with van der Waals surface area (Å²) in [6.07, 6.45) is 3.67. The summed E-state index contributed by atoms with van der Waals surface area (Å²) in [5, 5.41) is 1.21. The Labute approximate surface area is 112 Å². The summed E-state index contributed by atoms with van der Waals surface area (Å²) in [5.74, 6) is 0.897. The Morgan fingerprint density at radius 3 is 2.63 bits per heavy atom. The molecule has 0 fully saturated rings. The van der Waals surface area contributed by atoms with Crippen LogP contribution in [-0.4, -0.2) is 16.7 Å². The number of fused-ring (bicyclic) bond motifs is 1. The number of hydrogen-bond donors (Lipinski definition) is 0. The van der Waals surface area contributed by atoms with Crippen LogP contribution in [0, 0.1) is 6.92 Å². The van der Waals surface area contributed by atoms with E-state index < -0.39 is 0 Å². The van der Waals surface area contributed by atoms with E-state index in [9.17, 15) is 0 Å². The predicted octanol–water partition coefficient (Wildman–Crippen LogP) is 3.40. The molecule has 0 aliphatic rings. The number of methoxy groups -OCH3 is 1. The van der Waals surface area contributed by atoms with E-state index in [1.54, 1.807) is 7.11 Å². The molecular weight excluding hydrogens is 236 g/mol. The van der Waals surface area contributed by atoms with E-state index in [4.69, 9.17) is 4.74 Å². The van der Waals surface area contributed by atoms with Crippen LogP contribution in [0.25, 0.3) is 10.9 Å². The van der Waals surface area contributed by atoms with Crippen molar-refractivity contribution in [2.24, 2.45) is 0 Å². The van der Waals surface area contributed by atoms with Gasteiger partial charge in [-0.15, -0.1) is 0 Å². The molecule has 0 unspecified atom stereocenters. The second-order valence-electron chi connectivity index (χ2n) is 4.65. The molecule has 0 spiro atoms. The number of aryl methyl sites for hydroxylation is 1. The van der Waals surface area contributed by atoms with E-state index in [1.807, 2.05) is 18.5 Å². The van der Waals surface area contributed by atoms with E-state index in [0.717, 1.165) is 12.3 Å². The largest absolute Gasteiger partial charge is 0.497 e. The minimum Gasteiger partial charge on any atom is -0.497 e. The zero-order valence-electron chi connectivity index (χ0n) is 11.1. The lowest BCUT2D eigenvalue weighted by Crippen LogP contribution is -2.01. The molecule has 0 N–H and O–H groups in total. The van der Waals surface area contributed by atoms with Gasteiger partial charge in [-0.3, -0.25) is 4.98 Å². The van der Waals surface area contributed by atoms with Gasteiger partial charge in [0.15, 0.2) is 0 Å². The highest BCUT2D eigenvalue weighted by Gasteiger charge is 2.07. The molecule has 96 valence electrons. The molecule has 0 saturated carbocycles. The second kappa shape index (κ2) is 4.76. The number of rotatable bonds is 3. The highest BCUT2D eigenvalue weighted by Crippen LogP contribution is 2.25. The quantitative estimate of drug-likeness (QED) is 0.714. The average molecular weight is 252 g/mol.